The third-order valence-corrected chi connectivity index (χ3v) is 9.11. The second-order valence-electron chi connectivity index (χ2n) is 7.74. The number of aliphatic imine (C=N–C) groups is 1. The van der Waals surface area contributed by atoms with Crippen LogP contribution in [0, 0.1) is 5.92 Å². The lowest BCUT2D eigenvalue weighted by atomic mass is 10.0. The monoisotopic (exact) mass is 442 g/mol. The Morgan fingerprint density at radius 2 is 1.97 bits per heavy atom. The number of unbranched alkanes of at least 4 members (excludes halogenated alkanes) is 1. The summed E-state index contributed by atoms with van der Waals surface area (Å²) < 4.78 is 32.6. The van der Waals surface area contributed by atoms with Crippen molar-refractivity contribution in [3.63, 3.8) is 0 Å². The number of ether oxygens (including phenoxy) is 1. The van der Waals surface area contributed by atoms with Gasteiger partial charge in [0.15, 0.2) is 5.96 Å². The van der Waals surface area contributed by atoms with Crippen LogP contribution in [0.4, 0.5) is 0 Å². The van der Waals surface area contributed by atoms with Crippen molar-refractivity contribution < 1.29 is 13.2 Å². The molecule has 0 spiro atoms. The van der Waals surface area contributed by atoms with E-state index in [2.05, 4.69) is 15.6 Å². The van der Waals surface area contributed by atoms with E-state index in [4.69, 9.17) is 4.74 Å². The van der Waals surface area contributed by atoms with E-state index in [1.807, 2.05) is 6.07 Å². The number of nitrogens with zero attached hydrogens (tertiary/aromatic N) is 2. The fourth-order valence-corrected chi connectivity index (χ4v) is 6.82. The number of thiophene rings is 1. The van der Waals surface area contributed by atoms with Gasteiger partial charge in [0.1, 0.15) is 4.21 Å². The van der Waals surface area contributed by atoms with Crippen LogP contribution in [0.15, 0.2) is 21.3 Å². The minimum absolute atomic E-state index is 0.394. The average molecular weight is 443 g/mol. The van der Waals surface area contributed by atoms with Crippen LogP contribution >= 0.6 is 11.3 Å². The van der Waals surface area contributed by atoms with Crippen LogP contribution in [0.5, 0.6) is 0 Å². The third kappa shape index (κ3) is 6.67. The van der Waals surface area contributed by atoms with Gasteiger partial charge >= 0.3 is 0 Å². The highest BCUT2D eigenvalue weighted by Crippen LogP contribution is 2.29. The third-order valence-electron chi connectivity index (χ3n) is 5.66. The second kappa shape index (κ2) is 11.3. The van der Waals surface area contributed by atoms with Gasteiger partial charge in [-0.3, -0.25) is 4.99 Å². The van der Waals surface area contributed by atoms with Crippen LogP contribution in [0.3, 0.4) is 0 Å². The number of rotatable bonds is 9. The average Bonchev–Trinajstić information content (AvgIpc) is 3.43. The molecule has 164 valence electrons. The van der Waals surface area contributed by atoms with E-state index in [0.717, 1.165) is 29.7 Å². The smallest absolute Gasteiger partial charge is 0.252 e. The Labute approximate surface area is 179 Å². The maximum absolute atomic E-state index is 12.7. The molecule has 0 aromatic carbocycles. The van der Waals surface area contributed by atoms with E-state index < -0.39 is 10.0 Å². The normalized spacial score (nSPS) is 19.6. The highest BCUT2D eigenvalue weighted by Gasteiger charge is 2.27. The number of morpholine rings is 1. The molecule has 0 unspecified atom stereocenters. The Bertz CT molecular complexity index is 752. The highest BCUT2D eigenvalue weighted by atomic mass is 32.2. The van der Waals surface area contributed by atoms with E-state index >= 15 is 0 Å². The summed E-state index contributed by atoms with van der Waals surface area (Å²) in [7, 11) is -1.65. The predicted octanol–water partition coefficient (Wildman–Crippen LogP) is 2.79. The van der Waals surface area contributed by atoms with Gasteiger partial charge in [-0.05, 0) is 24.5 Å². The summed E-state index contributed by atoms with van der Waals surface area (Å²) in [5, 5.41) is 6.64. The summed E-state index contributed by atoms with van der Waals surface area (Å²) >= 11 is 1.32. The summed E-state index contributed by atoms with van der Waals surface area (Å²) in [5.74, 6) is 1.71. The van der Waals surface area contributed by atoms with Crippen molar-refractivity contribution in [2.45, 2.75) is 55.7 Å². The van der Waals surface area contributed by atoms with E-state index in [9.17, 15) is 8.42 Å². The molecule has 1 aliphatic heterocycles. The Kier molecular flexibility index (Phi) is 8.77. The molecule has 2 N–H and O–H groups in total. The van der Waals surface area contributed by atoms with Crippen LogP contribution in [0.1, 0.15) is 49.8 Å². The molecule has 0 radical (unpaired) electrons. The van der Waals surface area contributed by atoms with E-state index in [1.165, 1.54) is 54.2 Å². The Hall–Kier alpha value is -1.16. The molecule has 2 aliphatic rings. The van der Waals surface area contributed by atoms with Gasteiger partial charge in [-0.1, -0.05) is 38.5 Å². The molecule has 29 heavy (non-hydrogen) atoms. The Morgan fingerprint density at radius 1 is 1.21 bits per heavy atom. The quantitative estimate of drug-likeness (QED) is 0.349. The molecule has 7 nitrogen and oxygen atoms in total. The van der Waals surface area contributed by atoms with E-state index in [0.29, 0.717) is 37.1 Å². The molecule has 1 aliphatic carbocycles. The van der Waals surface area contributed by atoms with Crippen LogP contribution < -0.4 is 10.6 Å². The number of hydrogen-bond acceptors (Lipinski definition) is 5. The molecule has 0 bridgehead atoms. The molecule has 9 heteroatoms. The van der Waals surface area contributed by atoms with Gasteiger partial charge in [0.05, 0.1) is 19.8 Å². The standard InChI is InChI=1S/C20H34N4O3S2/c1-21-20(22-11-5-4-8-17-6-2-3-7-17)23-16-18-9-10-19(28-18)29(25,26)24-12-14-27-15-13-24/h9-10,17H,2-8,11-16H2,1H3,(H2,21,22,23). The largest absolute Gasteiger partial charge is 0.379 e. The molecule has 2 heterocycles. The van der Waals surface area contributed by atoms with Gasteiger partial charge in [-0.2, -0.15) is 4.31 Å². The van der Waals surface area contributed by atoms with Crippen molar-refractivity contribution in [1.29, 1.82) is 0 Å². The number of sulfonamides is 1. The SMILES string of the molecule is CN=C(NCCCCC1CCCC1)NCc1ccc(S(=O)(=O)N2CCOCC2)s1. The summed E-state index contributed by atoms with van der Waals surface area (Å²) in [6.45, 7) is 3.23. The molecular formula is C20H34N4O3S2. The first-order valence-electron chi connectivity index (χ1n) is 10.7. The first-order valence-corrected chi connectivity index (χ1v) is 13.0. The van der Waals surface area contributed by atoms with Crippen LogP contribution in [-0.4, -0.2) is 58.6 Å². The first kappa shape index (κ1) is 22.5. The summed E-state index contributed by atoms with van der Waals surface area (Å²) in [6, 6.07) is 3.57. The maximum atomic E-state index is 12.7. The van der Waals surface area contributed by atoms with Crippen LogP contribution in [-0.2, 0) is 21.3 Å². The van der Waals surface area contributed by atoms with Crippen molar-refractivity contribution >= 4 is 27.3 Å². The first-order chi connectivity index (χ1) is 14.1. The minimum atomic E-state index is -3.41. The number of hydrogen-bond donors (Lipinski definition) is 2. The lowest BCUT2D eigenvalue weighted by Gasteiger charge is -2.25. The van der Waals surface area contributed by atoms with Gasteiger partial charge in [0.2, 0.25) is 0 Å². The zero-order valence-corrected chi connectivity index (χ0v) is 19.0. The van der Waals surface area contributed by atoms with Crippen molar-refractivity contribution in [3.8, 4) is 0 Å². The molecule has 0 atom stereocenters. The maximum Gasteiger partial charge on any atom is 0.252 e. The summed E-state index contributed by atoms with van der Waals surface area (Å²) in [4.78, 5) is 5.24. The molecular weight excluding hydrogens is 408 g/mol. The second-order valence-corrected chi connectivity index (χ2v) is 11.1. The predicted molar refractivity (Wildman–Crippen MR) is 118 cm³/mol. The number of guanidine groups is 1. The van der Waals surface area contributed by atoms with Crippen molar-refractivity contribution in [2.24, 2.45) is 10.9 Å². The Morgan fingerprint density at radius 3 is 2.69 bits per heavy atom. The van der Waals surface area contributed by atoms with Gasteiger partial charge in [0.25, 0.3) is 10.0 Å². The molecule has 0 amide bonds. The fraction of sp³-hybridized carbons (Fsp3) is 0.750. The molecule has 1 saturated carbocycles. The van der Waals surface area contributed by atoms with Crippen LogP contribution in [0.25, 0.3) is 0 Å². The van der Waals surface area contributed by atoms with Gasteiger partial charge in [0, 0.05) is 31.6 Å². The summed E-state index contributed by atoms with van der Waals surface area (Å²) in [5.41, 5.74) is 0. The molecule has 2 fully saturated rings. The van der Waals surface area contributed by atoms with Crippen LogP contribution in [0.2, 0.25) is 0 Å². The lowest BCUT2D eigenvalue weighted by molar-refractivity contribution is 0.0731. The van der Waals surface area contributed by atoms with Gasteiger partial charge < -0.3 is 15.4 Å². The lowest BCUT2D eigenvalue weighted by Crippen LogP contribution is -2.40. The van der Waals surface area contributed by atoms with Crippen molar-refractivity contribution in [2.75, 3.05) is 39.9 Å². The minimum Gasteiger partial charge on any atom is -0.379 e. The van der Waals surface area contributed by atoms with Crippen molar-refractivity contribution in [3.05, 3.63) is 17.0 Å². The highest BCUT2D eigenvalue weighted by molar-refractivity contribution is 7.91. The Balaban J connectivity index is 1.39. The van der Waals surface area contributed by atoms with E-state index in [-0.39, 0.29) is 0 Å². The molecule has 1 aromatic rings. The zero-order chi connectivity index (χ0) is 20.5. The number of nitrogens with one attached hydrogen (secondary N) is 2. The molecule has 1 saturated heterocycles. The fourth-order valence-electron chi connectivity index (χ4n) is 3.96. The van der Waals surface area contributed by atoms with Gasteiger partial charge in [-0.25, -0.2) is 8.42 Å². The molecule has 1 aromatic heterocycles. The van der Waals surface area contributed by atoms with Crippen molar-refractivity contribution in [1.82, 2.24) is 14.9 Å². The summed E-state index contributed by atoms with van der Waals surface area (Å²) in [6.07, 6.45) is 9.43. The molecule has 3 rings (SSSR count). The van der Waals surface area contributed by atoms with Gasteiger partial charge in [-0.15, -0.1) is 11.3 Å². The zero-order valence-electron chi connectivity index (χ0n) is 17.4. The topological polar surface area (TPSA) is 83.0 Å². The van der Waals surface area contributed by atoms with E-state index in [1.54, 1.807) is 13.1 Å².